The van der Waals surface area contributed by atoms with E-state index in [0.29, 0.717) is 25.7 Å². The number of nitrogens with one attached hydrogen (secondary N) is 2. The first-order valence-corrected chi connectivity index (χ1v) is 10.9. The topological polar surface area (TPSA) is 85.6 Å². The Labute approximate surface area is 180 Å². The maximum Gasteiger partial charge on any atom is 0.196 e. The van der Waals surface area contributed by atoms with Crippen LogP contribution < -0.4 is 20.1 Å². The van der Waals surface area contributed by atoms with Crippen molar-refractivity contribution in [1.29, 1.82) is 0 Å². The number of ether oxygens (including phenoxy) is 2. The summed E-state index contributed by atoms with van der Waals surface area (Å²) < 4.78 is 13.5. The lowest BCUT2D eigenvalue weighted by Gasteiger charge is -2.14. The Morgan fingerprint density at radius 1 is 1.20 bits per heavy atom. The van der Waals surface area contributed by atoms with E-state index in [0.717, 1.165) is 48.2 Å². The van der Waals surface area contributed by atoms with Crippen molar-refractivity contribution >= 4 is 23.0 Å². The van der Waals surface area contributed by atoms with Crippen LogP contribution in [0.4, 0.5) is 5.69 Å². The largest absolute Gasteiger partial charge is 0.490 e. The number of aliphatic imine (C=N–C) groups is 1. The molecule has 0 saturated heterocycles. The van der Waals surface area contributed by atoms with Crippen LogP contribution in [0.2, 0.25) is 0 Å². The molecule has 0 aliphatic carbocycles. The first kappa shape index (κ1) is 20.2. The summed E-state index contributed by atoms with van der Waals surface area (Å²) in [6.45, 7) is 4.46. The molecule has 0 amide bonds. The lowest BCUT2D eigenvalue weighted by molar-refractivity contribution is 0.297. The van der Waals surface area contributed by atoms with Crippen molar-refractivity contribution in [3.05, 3.63) is 52.2 Å². The molecular formula is C21H26N6O2S. The molecule has 2 aromatic heterocycles. The van der Waals surface area contributed by atoms with Crippen LogP contribution in [0, 0.1) is 6.92 Å². The standard InChI is InChI=1S/C21H26N6O2S/c1-15-25-26-20(27(15)2)14-23-21(22-9-8-17-5-3-12-30-17)24-16-6-7-18-19(13-16)29-11-4-10-28-18/h3,5-7,12-13H,4,8-11,14H2,1-2H3,(H2,22,23,24). The van der Waals surface area contributed by atoms with E-state index in [4.69, 9.17) is 14.5 Å². The Bertz CT molecular complexity index is 999. The summed E-state index contributed by atoms with van der Waals surface area (Å²) >= 11 is 1.76. The average molecular weight is 427 g/mol. The summed E-state index contributed by atoms with van der Waals surface area (Å²) in [6.07, 6.45) is 1.81. The van der Waals surface area contributed by atoms with E-state index in [1.54, 1.807) is 11.3 Å². The molecule has 0 bridgehead atoms. The molecule has 0 radical (unpaired) electrons. The molecule has 0 unspecified atom stereocenters. The van der Waals surface area contributed by atoms with Gasteiger partial charge in [0.1, 0.15) is 12.4 Å². The number of hydrogen-bond acceptors (Lipinski definition) is 6. The normalized spacial score (nSPS) is 13.7. The lowest BCUT2D eigenvalue weighted by atomic mass is 10.2. The Morgan fingerprint density at radius 2 is 2.07 bits per heavy atom. The second-order valence-electron chi connectivity index (χ2n) is 6.98. The number of anilines is 1. The van der Waals surface area contributed by atoms with Crippen molar-refractivity contribution in [3.63, 3.8) is 0 Å². The number of aromatic nitrogens is 3. The zero-order valence-corrected chi connectivity index (χ0v) is 18.0. The number of thiophene rings is 1. The van der Waals surface area contributed by atoms with Gasteiger partial charge in [0, 0.05) is 36.6 Å². The lowest BCUT2D eigenvalue weighted by Crippen LogP contribution is -2.32. The van der Waals surface area contributed by atoms with Crippen LogP contribution in [0.1, 0.15) is 22.9 Å². The number of fused-ring (bicyclic) bond motifs is 1. The minimum Gasteiger partial charge on any atom is -0.490 e. The number of hydrogen-bond donors (Lipinski definition) is 2. The highest BCUT2D eigenvalue weighted by Crippen LogP contribution is 2.32. The van der Waals surface area contributed by atoms with E-state index in [2.05, 4.69) is 38.3 Å². The number of benzene rings is 1. The molecule has 4 rings (SSSR count). The summed E-state index contributed by atoms with van der Waals surface area (Å²) in [5.74, 6) is 3.88. The molecule has 1 aromatic carbocycles. The molecule has 30 heavy (non-hydrogen) atoms. The third kappa shape index (κ3) is 5.10. The average Bonchev–Trinajstić information content (AvgIpc) is 3.30. The van der Waals surface area contributed by atoms with Crippen LogP contribution >= 0.6 is 11.3 Å². The molecule has 0 atom stereocenters. The van der Waals surface area contributed by atoms with Crippen molar-refractivity contribution < 1.29 is 9.47 Å². The van der Waals surface area contributed by atoms with Gasteiger partial charge in [-0.3, -0.25) is 0 Å². The molecule has 158 valence electrons. The Balaban J connectivity index is 1.47. The number of guanidine groups is 1. The van der Waals surface area contributed by atoms with Gasteiger partial charge in [-0.15, -0.1) is 21.5 Å². The highest BCUT2D eigenvalue weighted by atomic mass is 32.1. The zero-order chi connectivity index (χ0) is 20.8. The molecule has 3 aromatic rings. The first-order valence-electron chi connectivity index (χ1n) is 10.0. The Morgan fingerprint density at radius 3 is 2.83 bits per heavy atom. The zero-order valence-electron chi connectivity index (χ0n) is 17.2. The second-order valence-corrected chi connectivity index (χ2v) is 8.01. The van der Waals surface area contributed by atoms with E-state index in [9.17, 15) is 0 Å². The number of aryl methyl sites for hydroxylation is 1. The van der Waals surface area contributed by atoms with Gasteiger partial charge in [0.05, 0.1) is 13.2 Å². The van der Waals surface area contributed by atoms with Gasteiger partial charge in [-0.2, -0.15) is 0 Å². The van der Waals surface area contributed by atoms with Gasteiger partial charge in [0.2, 0.25) is 0 Å². The van der Waals surface area contributed by atoms with Crippen LogP contribution in [0.25, 0.3) is 0 Å². The van der Waals surface area contributed by atoms with E-state index < -0.39 is 0 Å². The van der Waals surface area contributed by atoms with Gasteiger partial charge in [-0.25, -0.2) is 4.99 Å². The third-order valence-corrected chi connectivity index (χ3v) is 5.75. The van der Waals surface area contributed by atoms with Crippen molar-refractivity contribution in [2.24, 2.45) is 12.0 Å². The van der Waals surface area contributed by atoms with Gasteiger partial charge in [0.15, 0.2) is 23.3 Å². The van der Waals surface area contributed by atoms with E-state index in [1.807, 2.05) is 36.7 Å². The third-order valence-electron chi connectivity index (χ3n) is 4.82. The first-order chi connectivity index (χ1) is 14.7. The van der Waals surface area contributed by atoms with Crippen molar-refractivity contribution in [1.82, 2.24) is 20.1 Å². The second kappa shape index (κ2) is 9.62. The van der Waals surface area contributed by atoms with Crippen LogP contribution in [0.15, 0.2) is 40.7 Å². The predicted molar refractivity (Wildman–Crippen MR) is 119 cm³/mol. The molecule has 1 aliphatic rings. The number of rotatable bonds is 6. The predicted octanol–water partition coefficient (Wildman–Crippen LogP) is 3.15. The molecule has 3 heterocycles. The van der Waals surface area contributed by atoms with Crippen molar-refractivity contribution in [2.75, 3.05) is 25.1 Å². The molecule has 1 aliphatic heterocycles. The fourth-order valence-corrected chi connectivity index (χ4v) is 3.72. The summed E-state index contributed by atoms with van der Waals surface area (Å²) in [5.41, 5.74) is 0.885. The summed E-state index contributed by atoms with van der Waals surface area (Å²) in [7, 11) is 1.95. The van der Waals surface area contributed by atoms with E-state index >= 15 is 0 Å². The summed E-state index contributed by atoms with van der Waals surface area (Å²) in [6, 6.07) is 10.1. The van der Waals surface area contributed by atoms with Gasteiger partial charge >= 0.3 is 0 Å². The smallest absolute Gasteiger partial charge is 0.196 e. The monoisotopic (exact) mass is 426 g/mol. The molecule has 0 saturated carbocycles. The Kier molecular flexibility index (Phi) is 6.48. The fraction of sp³-hybridized carbons (Fsp3) is 0.381. The van der Waals surface area contributed by atoms with Crippen LogP contribution in [0.3, 0.4) is 0 Å². The van der Waals surface area contributed by atoms with E-state index in [-0.39, 0.29) is 0 Å². The highest BCUT2D eigenvalue weighted by Gasteiger charge is 2.12. The molecule has 2 N–H and O–H groups in total. The van der Waals surface area contributed by atoms with Gasteiger partial charge in [-0.1, -0.05) is 6.07 Å². The Hall–Kier alpha value is -3.07. The van der Waals surface area contributed by atoms with Crippen LogP contribution in [-0.2, 0) is 20.0 Å². The number of nitrogens with zero attached hydrogens (tertiary/aromatic N) is 4. The van der Waals surface area contributed by atoms with Crippen molar-refractivity contribution in [2.45, 2.75) is 26.3 Å². The fourth-order valence-electron chi connectivity index (χ4n) is 3.01. The summed E-state index contributed by atoms with van der Waals surface area (Å²) in [5, 5.41) is 17.2. The molecule has 9 heteroatoms. The molecule has 0 spiro atoms. The van der Waals surface area contributed by atoms with Crippen LogP contribution in [-0.4, -0.2) is 40.5 Å². The maximum absolute atomic E-state index is 5.80. The van der Waals surface area contributed by atoms with Gasteiger partial charge < -0.3 is 24.7 Å². The highest BCUT2D eigenvalue weighted by molar-refractivity contribution is 7.09. The molecular weight excluding hydrogens is 400 g/mol. The molecule has 8 nitrogen and oxygen atoms in total. The van der Waals surface area contributed by atoms with Crippen LogP contribution in [0.5, 0.6) is 11.5 Å². The summed E-state index contributed by atoms with van der Waals surface area (Å²) in [4.78, 5) is 6.05. The minimum absolute atomic E-state index is 0.427. The SMILES string of the molecule is Cc1nnc(CN=C(NCCc2cccs2)Nc2ccc3c(c2)OCCCO3)n1C. The minimum atomic E-state index is 0.427. The maximum atomic E-state index is 5.80. The van der Waals surface area contributed by atoms with Gasteiger partial charge in [0.25, 0.3) is 0 Å². The van der Waals surface area contributed by atoms with Crippen molar-refractivity contribution in [3.8, 4) is 11.5 Å². The van der Waals surface area contributed by atoms with E-state index in [1.165, 1.54) is 4.88 Å². The molecule has 0 fully saturated rings. The quantitative estimate of drug-likeness (QED) is 0.465. The van der Waals surface area contributed by atoms with Gasteiger partial charge in [-0.05, 0) is 36.9 Å².